The summed E-state index contributed by atoms with van der Waals surface area (Å²) >= 11 is 1.63. The van der Waals surface area contributed by atoms with Crippen molar-refractivity contribution in [3.8, 4) is 0 Å². The number of nitrogens with two attached hydrogens (primary N) is 1. The fourth-order valence-corrected chi connectivity index (χ4v) is 3.16. The van der Waals surface area contributed by atoms with Crippen LogP contribution in [0.1, 0.15) is 37.2 Å². The van der Waals surface area contributed by atoms with Gasteiger partial charge in [-0.1, -0.05) is 12.8 Å². The van der Waals surface area contributed by atoms with E-state index >= 15 is 0 Å². The first-order valence-electron chi connectivity index (χ1n) is 5.77. The second-order valence-corrected chi connectivity index (χ2v) is 5.59. The van der Waals surface area contributed by atoms with Crippen LogP contribution in [0.2, 0.25) is 0 Å². The molecule has 1 heterocycles. The Bertz CT molecular complexity index is 416. The third kappa shape index (κ3) is 3.28. The average Bonchev–Trinajstić information content (AvgIpc) is 2.79. The average molecular weight is 277 g/mol. The van der Waals surface area contributed by atoms with Gasteiger partial charge in [0.2, 0.25) is 0 Å². The van der Waals surface area contributed by atoms with Crippen LogP contribution in [-0.2, 0) is 11.9 Å². The summed E-state index contributed by atoms with van der Waals surface area (Å²) in [7, 11) is 0. The zero-order valence-corrected chi connectivity index (χ0v) is 10.5. The third-order valence-electron chi connectivity index (χ3n) is 2.89. The highest BCUT2D eigenvalue weighted by Crippen LogP contribution is 2.33. The lowest BCUT2D eigenvalue weighted by Crippen LogP contribution is -2.14. The number of aromatic nitrogens is 2. The highest BCUT2D eigenvalue weighted by atomic mass is 32.2. The van der Waals surface area contributed by atoms with E-state index < -0.39 is 17.6 Å². The molecule has 1 aromatic rings. The highest BCUT2D eigenvalue weighted by molar-refractivity contribution is 7.99. The van der Waals surface area contributed by atoms with Crippen LogP contribution in [0, 0.1) is 0 Å². The summed E-state index contributed by atoms with van der Waals surface area (Å²) in [5, 5.41) is 0.528. The molecule has 3 nitrogen and oxygen atoms in total. The van der Waals surface area contributed by atoms with Crippen molar-refractivity contribution in [2.24, 2.45) is 0 Å². The maximum Gasteiger partial charge on any atom is 0.435 e. The molecule has 0 aromatic carbocycles. The minimum absolute atomic E-state index is 0.202. The number of nitrogen functional groups attached to an aromatic ring is 1. The number of hydrogen-bond acceptors (Lipinski definition) is 4. The van der Waals surface area contributed by atoms with Gasteiger partial charge in [-0.2, -0.15) is 24.9 Å². The van der Waals surface area contributed by atoms with Crippen LogP contribution in [0.15, 0.2) is 6.20 Å². The zero-order chi connectivity index (χ0) is 13.2. The van der Waals surface area contributed by atoms with Crippen molar-refractivity contribution in [1.82, 2.24) is 9.97 Å². The Morgan fingerprint density at radius 3 is 2.61 bits per heavy atom. The standard InChI is InChI=1S/C11H14F3N3S/c12-11(13,14)10-8(15)5-16-9(17-10)6-18-7-3-1-2-4-7/h5,7H,1-4,6,15H2. The van der Waals surface area contributed by atoms with E-state index in [-0.39, 0.29) is 5.82 Å². The van der Waals surface area contributed by atoms with Crippen LogP contribution < -0.4 is 5.73 Å². The SMILES string of the molecule is Nc1cnc(CSC2CCCC2)nc1C(F)(F)F. The van der Waals surface area contributed by atoms with Crippen LogP contribution in [0.4, 0.5) is 18.9 Å². The zero-order valence-electron chi connectivity index (χ0n) is 9.70. The lowest BCUT2D eigenvalue weighted by Gasteiger charge is -2.11. The van der Waals surface area contributed by atoms with Crippen molar-refractivity contribution in [3.05, 3.63) is 17.7 Å². The van der Waals surface area contributed by atoms with Gasteiger partial charge in [0.15, 0.2) is 5.69 Å². The molecule has 2 rings (SSSR count). The van der Waals surface area contributed by atoms with Gasteiger partial charge in [-0.3, -0.25) is 0 Å². The quantitative estimate of drug-likeness (QED) is 0.921. The van der Waals surface area contributed by atoms with Gasteiger partial charge < -0.3 is 5.73 Å². The predicted octanol–water partition coefficient (Wildman–Crippen LogP) is 3.25. The van der Waals surface area contributed by atoms with E-state index in [9.17, 15) is 13.2 Å². The van der Waals surface area contributed by atoms with E-state index in [1.54, 1.807) is 11.8 Å². The van der Waals surface area contributed by atoms with E-state index in [1.165, 1.54) is 12.8 Å². The van der Waals surface area contributed by atoms with Gasteiger partial charge in [-0.15, -0.1) is 0 Å². The number of halogens is 3. The second-order valence-electron chi connectivity index (χ2n) is 4.31. The normalized spacial score (nSPS) is 17.3. The lowest BCUT2D eigenvalue weighted by molar-refractivity contribution is -0.140. The number of rotatable bonds is 3. The summed E-state index contributed by atoms with van der Waals surface area (Å²) in [6.45, 7) is 0. The topological polar surface area (TPSA) is 51.8 Å². The van der Waals surface area contributed by atoms with Crippen LogP contribution >= 0.6 is 11.8 Å². The van der Waals surface area contributed by atoms with Gasteiger partial charge in [0.25, 0.3) is 0 Å². The fraction of sp³-hybridized carbons (Fsp3) is 0.636. The molecule has 1 aliphatic rings. The third-order valence-corrected chi connectivity index (χ3v) is 4.25. The molecule has 0 spiro atoms. The first-order valence-corrected chi connectivity index (χ1v) is 6.82. The molecule has 1 saturated carbocycles. The lowest BCUT2D eigenvalue weighted by atomic mass is 10.3. The predicted molar refractivity (Wildman–Crippen MR) is 65.0 cm³/mol. The maximum atomic E-state index is 12.6. The van der Waals surface area contributed by atoms with E-state index in [4.69, 9.17) is 5.73 Å². The largest absolute Gasteiger partial charge is 0.435 e. The van der Waals surface area contributed by atoms with Crippen molar-refractivity contribution in [3.63, 3.8) is 0 Å². The van der Waals surface area contributed by atoms with Crippen molar-refractivity contribution in [2.45, 2.75) is 42.9 Å². The maximum absolute atomic E-state index is 12.6. The Hall–Kier alpha value is -0.980. The molecule has 0 radical (unpaired) electrons. The molecule has 100 valence electrons. The molecule has 1 aliphatic carbocycles. The van der Waals surface area contributed by atoms with Crippen LogP contribution in [0.3, 0.4) is 0 Å². The Balaban J connectivity index is 2.04. The van der Waals surface area contributed by atoms with Crippen LogP contribution in [-0.4, -0.2) is 15.2 Å². The van der Waals surface area contributed by atoms with E-state index in [0.717, 1.165) is 19.0 Å². The Labute approximate surface area is 107 Å². The first kappa shape index (κ1) is 13.5. The summed E-state index contributed by atoms with van der Waals surface area (Å²) in [5.41, 5.74) is 3.79. The molecule has 0 saturated heterocycles. The molecular formula is C11H14F3N3S. The van der Waals surface area contributed by atoms with Gasteiger partial charge >= 0.3 is 6.18 Å². The van der Waals surface area contributed by atoms with Crippen molar-refractivity contribution in [1.29, 1.82) is 0 Å². The minimum atomic E-state index is -4.51. The summed E-state index contributed by atoms with van der Waals surface area (Å²) in [4.78, 5) is 7.38. The Kier molecular flexibility index (Phi) is 3.99. The molecule has 0 bridgehead atoms. The van der Waals surface area contributed by atoms with Crippen molar-refractivity contribution < 1.29 is 13.2 Å². The van der Waals surface area contributed by atoms with Gasteiger partial charge in [0.05, 0.1) is 17.6 Å². The second kappa shape index (κ2) is 5.34. The molecule has 18 heavy (non-hydrogen) atoms. The minimum Gasteiger partial charge on any atom is -0.396 e. The number of hydrogen-bond donors (Lipinski definition) is 1. The molecule has 1 fully saturated rings. The number of nitrogens with zero attached hydrogens (tertiary/aromatic N) is 2. The van der Waals surface area contributed by atoms with E-state index in [1.807, 2.05) is 0 Å². The summed E-state index contributed by atoms with van der Waals surface area (Å²) in [6, 6.07) is 0. The van der Waals surface area contributed by atoms with Gasteiger partial charge in [0.1, 0.15) is 5.82 Å². The van der Waals surface area contributed by atoms with Crippen molar-refractivity contribution >= 4 is 17.4 Å². The highest BCUT2D eigenvalue weighted by Gasteiger charge is 2.35. The molecular weight excluding hydrogens is 263 g/mol. The molecule has 2 N–H and O–H groups in total. The number of thioether (sulfide) groups is 1. The summed E-state index contributed by atoms with van der Waals surface area (Å²) in [5.74, 6) is 0.613. The molecule has 7 heteroatoms. The number of anilines is 1. The smallest absolute Gasteiger partial charge is 0.396 e. The van der Waals surface area contributed by atoms with Crippen molar-refractivity contribution in [2.75, 3.05) is 5.73 Å². The van der Waals surface area contributed by atoms with Crippen LogP contribution in [0.25, 0.3) is 0 Å². The van der Waals surface area contributed by atoms with E-state index in [2.05, 4.69) is 9.97 Å². The van der Waals surface area contributed by atoms with Gasteiger partial charge in [0, 0.05) is 5.25 Å². The summed E-state index contributed by atoms with van der Waals surface area (Å²) in [6.07, 6.45) is 1.19. The van der Waals surface area contributed by atoms with E-state index in [0.29, 0.717) is 11.0 Å². The summed E-state index contributed by atoms with van der Waals surface area (Å²) < 4.78 is 37.8. The molecule has 0 atom stereocenters. The number of alkyl halides is 3. The first-order chi connectivity index (χ1) is 8.47. The van der Waals surface area contributed by atoms with Gasteiger partial charge in [-0.05, 0) is 12.8 Å². The molecule has 0 unspecified atom stereocenters. The molecule has 0 aliphatic heterocycles. The monoisotopic (exact) mass is 277 g/mol. The molecule has 1 aromatic heterocycles. The fourth-order valence-electron chi connectivity index (χ4n) is 1.97. The van der Waals surface area contributed by atoms with Gasteiger partial charge in [-0.25, -0.2) is 9.97 Å². The van der Waals surface area contributed by atoms with Crippen LogP contribution in [0.5, 0.6) is 0 Å². The Morgan fingerprint density at radius 1 is 1.33 bits per heavy atom. The molecule has 0 amide bonds. The Morgan fingerprint density at radius 2 is 2.00 bits per heavy atom.